The fraction of sp³-hybridized carbons (Fsp3) is 0.568. The van der Waals surface area contributed by atoms with Crippen molar-refractivity contribution in [2.45, 2.75) is 112 Å². The summed E-state index contributed by atoms with van der Waals surface area (Å²) in [5.74, 6) is 0.0241. The van der Waals surface area contributed by atoms with Crippen molar-refractivity contribution >= 4 is 54.3 Å². The number of nitrogens with one attached hydrogen (secondary N) is 2. The lowest BCUT2D eigenvalue weighted by molar-refractivity contribution is -0.130. The van der Waals surface area contributed by atoms with E-state index < -0.39 is 20.6 Å². The van der Waals surface area contributed by atoms with Crippen LogP contribution in [0.1, 0.15) is 126 Å². The maximum absolute atomic E-state index is 13.5. The Morgan fingerprint density at radius 1 is 0.759 bits per heavy atom. The van der Waals surface area contributed by atoms with Crippen molar-refractivity contribution in [1.82, 2.24) is 24.8 Å². The van der Waals surface area contributed by atoms with E-state index in [2.05, 4.69) is 74.9 Å². The van der Waals surface area contributed by atoms with E-state index in [9.17, 15) is 13.9 Å². The molecule has 2 atom stereocenters. The predicted octanol–water partition coefficient (Wildman–Crippen LogP) is 11.0. The maximum atomic E-state index is 13.5. The molecule has 0 aliphatic carbocycles. The van der Waals surface area contributed by atoms with Gasteiger partial charge in [0.05, 0.1) is 50.1 Å². The molecule has 2 aliphatic heterocycles. The van der Waals surface area contributed by atoms with E-state index in [1.165, 1.54) is 0 Å². The Hall–Kier alpha value is -3.37. The Labute approximate surface area is 345 Å². The number of aryl methyl sites for hydroxylation is 3. The lowest BCUT2D eigenvalue weighted by Crippen LogP contribution is -2.34. The van der Waals surface area contributed by atoms with Gasteiger partial charge in [0.25, 0.3) is 0 Å². The first-order valence-electron chi connectivity index (χ1n) is 20.9. The van der Waals surface area contributed by atoms with Crippen molar-refractivity contribution in [1.29, 1.82) is 0 Å². The topological polar surface area (TPSA) is 149 Å². The number of aromatic nitrogens is 4. The second-order valence-electron chi connectivity index (χ2n) is 15.8. The van der Waals surface area contributed by atoms with E-state index in [0.29, 0.717) is 64.7 Å². The Balaban J connectivity index is 1.76. The Kier molecular flexibility index (Phi) is 15.2. The van der Waals surface area contributed by atoms with Gasteiger partial charge in [0, 0.05) is 65.3 Å². The zero-order valence-corrected chi connectivity index (χ0v) is 38.3. The van der Waals surface area contributed by atoms with Gasteiger partial charge in [0.15, 0.2) is 0 Å². The largest absolute Gasteiger partial charge is 0.355 e. The second kappa shape index (κ2) is 19.3. The van der Waals surface area contributed by atoms with Crippen molar-refractivity contribution in [2.75, 3.05) is 52.8 Å². The van der Waals surface area contributed by atoms with Crippen LogP contribution < -0.4 is 0 Å². The fourth-order valence-electron chi connectivity index (χ4n) is 8.41. The van der Waals surface area contributed by atoms with Gasteiger partial charge in [-0.15, -0.1) is 0 Å². The molecule has 0 aromatic carbocycles. The van der Waals surface area contributed by atoms with E-state index in [1.807, 2.05) is 27.7 Å². The van der Waals surface area contributed by atoms with Crippen molar-refractivity contribution < 1.29 is 32.0 Å². The number of hydrogen-bond donors (Lipinski definition) is 2. The number of carbonyl (C=O) groups excluding carboxylic acids is 1. The summed E-state index contributed by atoms with van der Waals surface area (Å²) in [5.41, 5.74) is 11.9. The summed E-state index contributed by atoms with van der Waals surface area (Å²) in [7, 11) is -2.87. The predicted molar refractivity (Wildman–Crippen MR) is 236 cm³/mol. The molecule has 3 aromatic rings. The molecule has 0 radical (unpaired) electrons. The van der Waals surface area contributed by atoms with Gasteiger partial charge in [-0.1, -0.05) is 13.8 Å². The molecular weight excluding hydrogens is 772 g/mol. The third-order valence-electron chi connectivity index (χ3n) is 11.5. The molecule has 2 N–H and O–H groups in total. The number of fused-ring (bicyclic) bond motifs is 8. The Morgan fingerprint density at radius 2 is 1.36 bits per heavy atom. The number of amides is 1. The third kappa shape index (κ3) is 10.1. The van der Waals surface area contributed by atoms with Gasteiger partial charge in [-0.25, -0.2) is 4.98 Å². The fourth-order valence-corrected chi connectivity index (χ4v) is 11.7. The van der Waals surface area contributed by atoms with Gasteiger partial charge in [-0.3, -0.25) is 18.9 Å². The zero-order chi connectivity index (χ0) is 42.4. The molecular formula is C44H65N5O7P2. The van der Waals surface area contributed by atoms with Crippen LogP contribution in [0.2, 0.25) is 0 Å². The van der Waals surface area contributed by atoms with Crippen LogP contribution >= 0.6 is 15.2 Å². The third-order valence-corrected chi connectivity index (χ3v) is 15.8. The summed E-state index contributed by atoms with van der Waals surface area (Å²) in [6, 6.07) is 10.6. The minimum atomic E-state index is -3.25. The first-order chi connectivity index (χ1) is 27.5. The number of aromatic amines is 2. The van der Waals surface area contributed by atoms with E-state index >= 15 is 0 Å². The standard InChI is InChI=1S/C44H65N5O7P2/c1-12-35-41-26-38-31(8)34(20-18-22-58(52,55-15-4)56-16-5)40(47-38)27-39-33(19-17-21-57(51,53-13-2)54-14-3)30(7)37(46-39)25-36-29(6)23-32(45-36)24-42(48-41)44(35,9)28-43(50)49(10)11/h23-27,35,45-46H,12-22,28H2,1-11H3/t35-,44+/m1/s1. The van der Waals surface area contributed by atoms with Crippen molar-refractivity contribution in [3.63, 3.8) is 0 Å². The highest BCUT2D eigenvalue weighted by molar-refractivity contribution is 7.54. The Bertz CT molecular complexity index is 2240. The molecule has 5 rings (SSSR count). The minimum Gasteiger partial charge on any atom is -0.355 e. The van der Waals surface area contributed by atoms with E-state index in [4.69, 9.17) is 28.1 Å². The number of carbonyl (C=O) groups is 1. The molecule has 318 valence electrons. The molecule has 1 amide bonds. The highest BCUT2D eigenvalue weighted by Crippen LogP contribution is 2.51. The molecule has 58 heavy (non-hydrogen) atoms. The van der Waals surface area contributed by atoms with Gasteiger partial charge in [-0.2, -0.15) is 0 Å². The lowest BCUT2D eigenvalue weighted by atomic mass is 9.71. The van der Waals surface area contributed by atoms with Gasteiger partial charge in [0.2, 0.25) is 5.91 Å². The molecule has 2 aliphatic rings. The molecule has 0 fully saturated rings. The van der Waals surface area contributed by atoms with Gasteiger partial charge in [-0.05, 0) is 139 Å². The summed E-state index contributed by atoms with van der Waals surface area (Å²) < 4.78 is 49.5. The molecule has 5 heterocycles. The Morgan fingerprint density at radius 3 is 1.93 bits per heavy atom. The molecule has 0 spiro atoms. The van der Waals surface area contributed by atoms with Gasteiger partial charge < -0.3 is 33.0 Å². The number of H-pyrrole nitrogens is 2. The summed E-state index contributed by atoms with van der Waals surface area (Å²) in [6.45, 7) is 19.2. The van der Waals surface area contributed by atoms with Crippen molar-refractivity contribution in [3.8, 4) is 0 Å². The average molecular weight is 838 g/mol. The molecule has 12 nitrogen and oxygen atoms in total. The van der Waals surface area contributed by atoms with Crippen LogP contribution in [0.3, 0.4) is 0 Å². The molecule has 14 heteroatoms. The number of nitrogens with zero attached hydrogens (tertiary/aromatic N) is 3. The van der Waals surface area contributed by atoms with Crippen LogP contribution in [0.15, 0.2) is 30.3 Å². The zero-order valence-electron chi connectivity index (χ0n) is 36.5. The first-order valence-corrected chi connectivity index (χ1v) is 24.4. The number of hydrogen-bond acceptors (Lipinski definition) is 9. The van der Waals surface area contributed by atoms with E-state index in [-0.39, 0.29) is 18.0 Å². The van der Waals surface area contributed by atoms with Crippen LogP contribution in [0.4, 0.5) is 0 Å². The van der Waals surface area contributed by atoms with Crippen LogP contribution in [-0.4, -0.2) is 83.6 Å². The second-order valence-corrected chi connectivity index (χ2v) is 20.1. The number of rotatable bonds is 19. The smallest absolute Gasteiger partial charge is 0.330 e. The minimum absolute atomic E-state index is 0.0279. The summed E-state index contributed by atoms with van der Waals surface area (Å²) >= 11 is 0. The highest BCUT2D eigenvalue weighted by atomic mass is 31.2. The van der Waals surface area contributed by atoms with Crippen molar-refractivity contribution in [3.05, 3.63) is 69.8 Å². The van der Waals surface area contributed by atoms with Crippen LogP contribution in [0, 0.1) is 13.8 Å². The molecule has 0 saturated heterocycles. The molecule has 3 aromatic heterocycles. The van der Waals surface area contributed by atoms with Crippen LogP contribution in [0.25, 0.3) is 33.2 Å². The SMILES string of the molecule is CCOP(=O)(CCCC1=C(C)c2cc3nc(cc4cc(C)c(cc5[nH]c(cc1n2)c(CCCP(=O)(OCC)OCC)c5C)[nH]4)[C@@](C)(CC(=O)N(C)C)[C@@H]3CC)OCC. The van der Waals surface area contributed by atoms with Gasteiger partial charge in [0.1, 0.15) is 0 Å². The van der Waals surface area contributed by atoms with Gasteiger partial charge >= 0.3 is 15.2 Å². The molecule has 0 saturated carbocycles. The highest BCUT2D eigenvalue weighted by Gasteiger charge is 2.44. The quantitative estimate of drug-likeness (QED) is 0.113. The van der Waals surface area contributed by atoms with E-state index in [0.717, 1.165) is 79.1 Å². The normalized spacial score (nSPS) is 17.3. The monoisotopic (exact) mass is 837 g/mol. The summed E-state index contributed by atoms with van der Waals surface area (Å²) in [4.78, 5) is 33.0. The number of allylic oxidation sites excluding steroid dienone is 2. The summed E-state index contributed by atoms with van der Waals surface area (Å²) in [6.07, 6.45) is 4.14. The maximum Gasteiger partial charge on any atom is 0.330 e. The first kappa shape index (κ1) is 45.7. The van der Waals surface area contributed by atoms with E-state index in [1.54, 1.807) is 19.0 Å². The average Bonchev–Trinajstić information content (AvgIpc) is 3.82. The molecule has 8 bridgehead atoms. The van der Waals surface area contributed by atoms with Crippen molar-refractivity contribution in [2.24, 2.45) is 0 Å². The van der Waals surface area contributed by atoms with Crippen LogP contribution in [0.5, 0.6) is 0 Å². The van der Waals surface area contributed by atoms with Crippen LogP contribution in [-0.2, 0) is 43.9 Å². The molecule has 0 unspecified atom stereocenters. The lowest BCUT2D eigenvalue weighted by Gasteiger charge is -2.31. The summed E-state index contributed by atoms with van der Waals surface area (Å²) in [5, 5.41) is 0.